The van der Waals surface area contributed by atoms with Crippen LogP contribution < -0.4 is 5.32 Å². The first-order chi connectivity index (χ1) is 8.27. The lowest BCUT2D eigenvalue weighted by atomic mass is 9.86. The Balaban J connectivity index is 1.81. The summed E-state index contributed by atoms with van der Waals surface area (Å²) in [5.74, 6) is 0.424. The summed E-state index contributed by atoms with van der Waals surface area (Å²) in [5, 5.41) is 13.4. The maximum absolute atomic E-state index is 9.90. The molecule has 94 valence electrons. The van der Waals surface area contributed by atoms with E-state index >= 15 is 0 Å². The molecule has 1 fully saturated rings. The Hall–Kier alpha value is -0.930. The highest BCUT2D eigenvalue weighted by Crippen LogP contribution is 2.24. The Morgan fingerprint density at radius 3 is 2.76 bits per heavy atom. The van der Waals surface area contributed by atoms with Gasteiger partial charge in [-0.2, -0.15) is 0 Å². The Bertz CT molecular complexity index is 328. The van der Waals surface area contributed by atoms with E-state index in [1.54, 1.807) is 0 Å². The van der Waals surface area contributed by atoms with Crippen LogP contribution in [0.3, 0.4) is 0 Å². The van der Waals surface area contributed by atoms with Gasteiger partial charge in [0, 0.05) is 25.0 Å². The van der Waals surface area contributed by atoms with E-state index < -0.39 is 0 Å². The average molecular weight is 234 g/mol. The average Bonchev–Trinajstić information content (AvgIpc) is 2.38. The SMILES string of the molecule is CC(NCC1CCCCC1O)c1ccncc1. The van der Waals surface area contributed by atoms with Gasteiger partial charge < -0.3 is 10.4 Å². The van der Waals surface area contributed by atoms with E-state index in [0.29, 0.717) is 12.0 Å². The highest BCUT2D eigenvalue weighted by molar-refractivity contribution is 5.13. The van der Waals surface area contributed by atoms with Crippen molar-refractivity contribution in [2.45, 2.75) is 44.8 Å². The minimum atomic E-state index is -0.110. The lowest BCUT2D eigenvalue weighted by Gasteiger charge is -2.29. The number of hydrogen-bond acceptors (Lipinski definition) is 3. The Morgan fingerprint density at radius 2 is 2.06 bits per heavy atom. The third-order valence-electron chi connectivity index (χ3n) is 3.76. The van der Waals surface area contributed by atoms with Crippen LogP contribution in [0.25, 0.3) is 0 Å². The number of pyridine rings is 1. The summed E-state index contributed by atoms with van der Waals surface area (Å²) in [6.45, 7) is 3.06. The summed E-state index contributed by atoms with van der Waals surface area (Å²) < 4.78 is 0. The summed E-state index contributed by atoms with van der Waals surface area (Å²) in [5.41, 5.74) is 1.25. The van der Waals surface area contributed by atoms with Gasteiger partial charge in [0.15, 0.2) is 0 Å². The molecular weight excluding hydrogens is 212 g/mol. The molecule has 1 aromatic heterocycles. The van der Waals surface area contributed by atoms with Gasteiger partial charge in [-0.25, -0.2) is 0 Å². The third kappa shape index (κ3) is 3.51. The highest BCUT2D eigenvalue weighted by Gasteiger charge is 2.23. The molecule has 1 saturated carbocycles. The van der Waals surface area contributed by atoms with Crippen molar-refractivity contribution in [3.63, 3.8) is 0 Å². The van der Waals surface area contributed by atoms with Crippen molar-refractivity contribution < 1.29 is 5.11 Å². The molecule has 3 unspecified atom stereocenters. The third-order valence-corrected chi connectivity index (χ3v) is 3.76. The molecule has 3 atom stereocenters. The quantitative estimate of drug-likeness (QED) is 0.840. The lowest BCUT2D eigenvalue weighted by Crippen LogP contribution is -2.34. The summed E-state index contributed by atoms with van der Waals surface area (Å²) >= 11 is 0. The number of nitrogens with one attached hydrogen (secondary N) is 1. The standard InChI is InChI=1S/C14H22N2O/c1-11(12-6-8-15-9-7-12)16-10-13-4-2-3-5-14(13)17/h6-9,11,13-14,16-17H,2-5,10H2,1H3. The van der Waals surface area contributed by atoms with Crippen LogP contribution in [0.1, 0.15) is 44.2 Å². The summed E-state index contributed by atoms with van der Waals surface area (Å²) in [6.07, 6.45) is 8.09. The van der Waals surface area contributed by atoms with Gasteiger partial charge in [-0.05, 0) is 43.4 Å². The molecule has 0 aliphatic heterocycles. The van der Waals surface area contributed by atoms with E-state index in [1.807, 2.05) is 24.5 Å². The van der Waals surface area contributed by atoms with E-state index in [1.165, 1.54) is 18.4 Å². The smallest absolute Gasteiger partial charge is 0.0580 e. The minimum absolute atomic E-state index is 0.110. The number of aliphatic hydroxyl groups is 1. The molecule has 0 spiro atoms. The summed E-state index contributed by atoms with van der Waals surface area (Å²) in [7, 11) is 0. The van der Waals surface area contributed by atoms with Crippen molar-refractivity contribution in [2.75, 3.05) is 6.54 Å². The van der Waals surface area contributed by atoms with Crippen LogP contribution in [0.5, 0.6) is 0 Å². The molecule has 3 nitrogen and oxygen atoms in total. The molecule has 1 aromatic rings. The number of nitrogens with zero attached hydrogens (tertiary/aromatic N) is 1. The minimum Gasteiger partial charge on any atom is -0.393 e. The number of rotatable bonds is 4. The predicted molar refractivity (Wildman–Crippen MR) is 68.6 cm³/mol. The molecule has 0 radical (unpaired) electrons. The second kappa shape index (κ2) is 6.12. The van der Waals surface area contributed by atoms with Gasteiger partial charge in [0.1, 0.15) is 0 Å². The van der Waals surface area contributed by atoms with Gasteiger partial charge in [0.25, 0.3) is 0 Å². The van der Waals surface area contributed by atoms with Gasteiger partial charge in [-0.1, -0.05) is 12.8 Å². The van der Waals surface area contributed by atoms with Gasteiger partial charge in [0.2, 0.25) is 0 Å². The van der Waals surface area contributed by atoms with Crippen LogP contribution in [0, 0.1) is 5.92 Å². The molecule has 0 amide bonds. The fourth-order valence-electron chi connectivity index (χ4n) is 2.52. The van der Waals surface area contributed by atoms with E-state index in [4.69, 9.17) is 0 Å². The van der Waals surface area contributed by atoms with Gasteiger partial charge in [-0.15, -0.1) is 0 Å². The number of hydrogen-bond donors (Lipinski definition) is 2. The zero-order chi connectivity index (χ0) is 12.1. The lowest BCUT2D eigenvalue weighted by molar-refractivity contribution is 0.0684. The van der Waals surface area contributed by atoms with Crippen LogP contribution in [0.15, 0.2) is 24.5 Å². The van der Waals surface area contributed by atoms with Gasteiger partial charge in [0.05, 0.1) is 6.10 Å². The molecule has 17 heavy (non-hydrogen) atoms. The van der Waals surface area contributed by atoms with E-state index in [2.05, 4.69) is 17.2 Å². The second-order valence-electron chi connectivity index (χ2n) is 5.02. The van der Waals surface area contributed by atoms with Crippen molar-refractivity contribution in [2.24, 2.45) is 5.92 Å². The van der Waals surface area contributed by atoms with Crippen LogP contribution >= 0.6 is 0 Å². The first kappa shape index (κ1) is 12.5. The van der Waals surface area contributed by atoms with Gasteiger partial charge in [-0.3, -0.25) is 4.98 Å². The maximum Gasteiger partial charge on any atom is 0.0580 e. The van der Waals surface area contributed by atoms with Crippen LogP contribution in [-0.2, 0) is 0 Å². The molecule has 1 heterocycles. The molecule has 0 aromatic carbocycles. The largest absolute Gasteiger partial charge is 0.393 e. The van der Waals surface area contributed by atoms with Crippen LogP contribution in [0.4, 0.5) is 0 Å². The normalized spacial score (nSPS) is 26.7. The predicted octanol–water partition coefficient (Wildman–Crippen LogP) is 2.28. The number of aliphatic hydroxyl groups excluding tert-OH is 1. The molecule has 1 aliphatic carbocycles. The van der Waals surface area contributed by atoms with Crippen molar-refractivity contribution in [3.05, 3.63) is 30.1 Å². The second-order valence-corrected chi connectivity index (χ2v) is 5.02. The Labute approximate surface area is 103 Å². The topological polar surface area (TPSA) is 45.1 Å². The molecule has 2 rings (SSSR count). The molecule has 2 N–H and O–H groups in total. The highest BCUT2D eigenvalue weighted by atomic mass is 16.3. The molecule has 3 heteroatoms. The maximum atomic E-state index is 9.90. The van der Waals surface area contributed by atoms with Crippen LogP contribution in [-0.4, -0.2) is 22.7 Å². The molecule has 1 aliphatic rings. The summed E-state index contributed by atoms with van der Waals surface area (Å²) in [4.78, 5) is 4.02. The first-order valence-corrected chi connectivity index (χ1v) is 6.58. The Kier molecular flexibility index (Phi) is 4.51. The zero-order valence-electron chi connectivity index (χ0n) is 10.5. The van der Waals surface area contributed by atoms with Gasteiger partial charge >= 0.3 is 0 Å². The summed E-state index contributed by atoms with van der Waals surface area (Å²) in [6, 6.07) is 4.40. The van der Waals surface area contributed by atoms with Crippen molar-refractivity contribution >= 4 is 0 Å². The molecule has 0 bridgehead atoms. The zero-order valence-corrected chi connectivity index (χ0v) is 10.5. The van der Waals surface area contributed by atoms with Crippen molar-refractivity contribution in [1.82, 2.24) is 10.3 Å². The van der Waals surface area contributed by atoms with Crippen molar-refractivity contribution in [1.29, 1.82) is 0 Å². The fraction of sp³-hybridized carbons (Fsp3) is 0.643. The number of aromatic nitrogens is 1. The van der Waals surface area contributed by atoms with Crippen LogP contribution in [0.2, 0.25) is 0 Å². The molecular formula is C14H22N2O. The monoisotopic (exact) mass is 234 g/mol. The van der Waals surface area contributed by atoms with E-state index in [0.717, 1.165) is 19.4 Å². The Morgan fingerprint density at radius 1 is 1.35 bits per heavy atom. The van der Waals surface area contributed by atoms with E-state index in [-0.39, 0.29) is 6.10 Å². The van der Waals surface area contributed by atoms with Crippen molar-refractivity contribution in [3.8, 4) is 0 Å². The fourth-order valence-corrected chi connectivity index (χ4v) is 2.52. The van der Waals surface area contributed by atoms with E-state index in [9.17, 15) is 5.11 Å². The first-order valence-electron chi connectivity index (χ1n) is 6.58. The molecule has 0 saturated heterocycles.